The van der Waals surface area contributed by atoms with Gasteiger partial charge < -0.3 is 14.4 Å². The van der Waals surface area contributed by atoms with Crippen LogP contribution in [0.5, 0.6) is 0 Å². The van der Waals surface area contributed by atoms with Crippen molar-refractivity contribution < 1.29 is 19.1 Å². The number of carbonyl (C=O) groups excluding carboxylic acids is 2. The molecule has 2 atom stereocenters. The Kier molecular flexibility index (Phi) is 7.74. The summed E-state index contributed by atoms with van der Waals surface area (Å²) in [4.78, 5) is 31.8. The van der Waals surface area contributed by atoms with Gasteiger partial charge in [0, 0.05) is 27.7 Å². The van der Waals surface area contributed by atoms with Gasteiger partial charge in [-0.2, -0.15) is 0 Å². The monoisotopic (exact) mass is 512 g/mol. The summed E-state index contributed by atoms with van der Waals surface area (Å²) in [6.07, 6.45) is -0.523. The lowest BCUT2D eigenvalue weighted by molar-refractivity contribution is -0.146. The minimum Gasteiger partial charge on any atom is -0.444 e. The maximum Gasteiger partial charge on any atom is 0.411 e. The van der Waals surface area contributed by atoms with E-state index in [4.69, 9.17) is 9.47 Å². The van der Waals surface area contributed by atoms with Gasteiger partial charge in [-0.1, -0.05) is 91.0 Å². The van der Waals surface area contributed by atoms with Crippen molar-refractivity contribution in [3.63, 3.8) is 0 Å². The largest absolute Gasteiger partial charge is 0.444 e. The summed E-state index contributed by atoms with van der Waals surface area (Å²) >= 11 is 0. The van der Waals surface area contributed by atoms with Gasteiger partial charge in [-0.15, -0.1) is 0 Å². The zero-order valence-corrected chi connectivity index (χ0v) is 23.0. The minimum absolute atomic E-state index is 0.176. The molecular formula is C32H36N2O4. The van der Waals surface area contributed by atoms with Crippen molar-refractivity contribution in [2.24, 2.45) is 0 Å². The SMILES string of the molecule is CO[C@@]1([C@@H](c2ccccc2)N(Cc2ccccc2)C(=O)OC(C)(C)C)C(=O)C(c2ccccc2)=C1N(C)C. The summed E-state index contributed by atoms with van der Waals surface area (Å²) < 4.78 is 12.1. The van der Waals surface area contributed by atoms with E-state index in [0.717, 1.165) is 16.7 Å². The van der Waals surface area contributed by atoms with E-state index in [0.29, 0.717) is 11.3 Å². The van der Waals surface area contributed by atoms with Crippen molar-refractivity contribution in [1.82, 2.24) is 9.80 Å². The Morgan fingerprint density at radius 3 is 1.89 bits per heavy atom. The van der Waals surface area contributed by atoms with E-state index in [2.05, 4.69) is 0 Å². The average molecular weight is 513 g/mol. The summed E-state index contributed by atoms with van der Waals surface area (Å²) in [7, 11) is 5.33. The molecule has 1 aliphatic rings. The van der Waals surface area contributed by atoms with Crippen molar-refractivity contribution in [1.29, 1.82) is 0 Å². The highest BCUT2D eigenvalue weighted by molar-refractivity contribution is 6.34. The molecule has 0 heterocycles. The predicted molar refractivity (Wildman–Crippen MR) is 149 cm³/mol. The molecule has 3 aromatic carbocycles. The van der Waals surface area contributed by atoms with E-state index in [1.165, 1.54) is 7.11 Å². The van der Waals surface area contributed by atoms with Crippen LogP contribution in [0.3, 0.4) is 0 Å². The topological polar surface area (TPSA) is 59.1 Å². The number of nitrogens with zero attached hydrogens (tertiary/aromatic N) is 2. The fourth-order valence-electron chi connectivity index (χ4n) is 5.14. The third kappa shape index (κ3) is 5.09. The molecule has 0 radical (unpaired) electrons. The molecule has 0 unspecified atom stereocenters. The Morgan fingerprint density at radius 2 is 1.39 bits per heavy atom. The number of ether oxygens (including phenoxy) is 2. The molecule has 0 aliphatic heterocycles. The van der Waals surface area contributed by atoms with E-state index >= 15 is 0 Å². The third-order valence-electron chi connectivity index (χ3n) is 6.62. The molecule has 0 N–H and O–H groups in total. The Balaban J connectivity index is 1.96. The van der Waals surface area contributed by atoms with Gasteiger partial charge in [0.15, 0.2) is 5.60 Å². The van der Waals surface area contributed by atoms with Crippen LogP contribution in [-0.4, -0.2) is 54.1 Å². The van der Waals surface area contributed by atoms with Crippen LogP contribution in [0.25, 0.3) is 5.57 Å². The summed E-state index contributed by atoms with van der Waals surface area (Å²) in [5.41, 5.74) is 1.63. The number of likely N-dealkylation sites (N-methyl/N-ethyl adjacent to an activating group) is 1. The Bertz CT molecular complexity index is 1300. The van der Waals surface area contributed by atoms with Crippen LogP contribution in [0.2, 0.25) is 0 Å². The molecule has 1 aliphatic carbocycles. The first-order valence-corrected chi connectivity index (χ1v) is 12.8. The molecule has 1 amide bonds. The lowest BCUT2D eigenvalue weighted by Gasteiger charge is -2.52. The van der Waals surface area contributed by atoms with Crippen molar-refractivity contribution in [2.45, 2.75) is 44.6 Å². The molecule has 0 bridgehead atoms. The molecular weight excluding hydrogens is 476 g/mol. The second-order valence-electron chi connectivity index (χ2n) is 10.7. The zero-order valence-electron chi connectivity index (χ0n) is 23.0. The molecule has 0 aromatic heterocycles. The minimum atomic E-state index is -1.44. The second-order valence-corrected chi connectivity index (χ2v) is 10.7. The fourth-order valence-corrected chi connectivity index (χ4v) is 5.14. The van der Waals surface area contributed by atoms with Crippen molar-refractivity contribution in [2.75, 3.05) is 21.2 Å². The molecule has 3 aromatic rings. The van der Waals surface area contributed by atoms with E-state index in [-0.39, 0.29) is 12.3 Å². The summed E-state index contributed by atoms with van der Waals surface area (Å²) in [5, 5.41) is 0. The number of benzene rings is 3. The van der Waals surface area contributed by atoms with Crippen LogP contribution in [0, 0.1) is 0 Å². The molecule has 4 rings (SSSR count). The molecule has 0 saturated heterocycles. The Labute approximate surface area is 225 Å². The van der Waals surface area contributed by atoms with Crippen molar-refractivity contribution in [3.05, 3.63) is 113 Å². The highest BCUT2D eigenvalue weighted by atomic mass is 16.6. The molecule has 0 saturated carbocycles. The lowest BCUT2D eigenvalue weighted by Crippen LogP contribution is -2.63. The van der Waals surface area contributed by atoms with Gasteiger partial charge in [-0.3, -0.25) is 9.69 Å². The summed E-state index contributed by atoms with van der Waals surface area (Å²) in [6, 6.07) is 28.1. The average Bonchev–Trinajstić information content (AvgIpc) is 2.89. The van der Waals surface area contributed by atoms with Gasteiger partial charge in [-0.05, 0) is 37.5 Å². The van der Waals surface area contributed by atoms with Gasteiger partial charge in [0.2, 0.25) is 5.78 Å². The Hall–Kier alpha value is -3.90. The first kappa shape index (κ1) is 27.1. The van der Waals surface area contributed by atoms with Crippen LogP contribution < -0.4 is 0 Å². The van der Waals surface area contributed by atoms with Crippen LogP contribution in [0.4, 0.5) is 4.79 Å². The first-order chi connectivity index (χ1) is 18.1. The first-order valence-electron chi connectivity index (χ1n) is 12.8. The van der Waals surface area contributed by atoms with Gasteiger partial charge in [0.05, 0.1) is 11.3 Å². The number of carbonyl (C=O) groups is 2. The predicted octanol–water partition coefficient (Wildman–Crippen LogP) is 6.11. The normalized spacial score (nSPS) is 18.0. The zero-order chi connectivity index (χ0) is 27.5. The lowest BCUT2D eigenvalue weighted by atomic mass is 9.66. The fraction of sp³-hybridized carbons (Fsp3) is 0.312. The van der Waals surface area contributed by atoms with Gasteiger partial charge in [0.1, 0.15) is 11.6 Å². The standard InChI is InChI=1S/C32H36N2O4/c1-31(2,3)38-30(36)34(22-23-16-10-7-11-17-23)27(25-20-14-9-15-21-25)32(37-6)28(33(4)5)26(29(32)35)24-18-12-8-13-19-24/h7-21,27H,22H2,1-6H3/t27-,32-/m1/s1. The summed E-state index contributed by atoms with van der Waals surface area (Å²) in [6.45, 7) is 5.74. The quantitative estimate of drug-likeness (QED) is 0.365. The number of hydrogen-bond acceptors (Lipinski definition) is 5. The number of rotatable bonds is 8. The number of hydrogen-bond donors (Lipinski definition) is 0. The molecule has 38 heavy (non-hydrogen) atoms. The molecule has 0 fully saturated rings. The molecule has 6 nitrogen and oxygen atoms in total. The smallest absolute Gasteiger partial charge is 0.411 e. The van der Waals surface area contributed by atoms with E-state index in [1.807, 2.05) is 131 Å². The number of Topliss-reactive ketones (excluding diaryl/α,β-unsaturated/α-hetero) is 1. The Morgan fingerprint density at radius 1 is 0.868 bits per heavy atom. The van der Waals surface area contributed by atoms with Crippen LogP contribution in [0.15, 0.2) is 96.7 Å². The van der Waals surface area contributed by atoms with E-state index < -0.39 is 23.3 Å². The highest BCUT2D eigenvalue weighted by Crippen LogP contribution is 2.53. The van der Waals surface area contributed by atoms with Crippen LogP contribution in [-0.2, 0) is 20.8 Å². The van der Waals surface area contributed by atoms with Gasteiger partial charge in [-0.25, -0.2) is 4.79 Å². The van der Waals surface area contributed by atoms with Crippen LogP contribution in [0.1, 0.15) is 43.5 Å². The van der Waals surface area contributed by atoms with Crippen molar-refractivity contribution in [3.8, 4) is 0 Å². The van der Waals surface area contributed by atoms with E-state index in [1.54, 1.807) is 4.90 Å². The van der Waals surface area contributed by atoms with Crippen LogP contribution >= 0.6 is 0 Å². The van der Waals surface area contributed by atoms with Crippen molar-refractivity contribution >= 4 is 17.4 Å². The third-order valence-corrected chi connectivity index (χ3v) is 6.62. The molecule has 0 spiro atoms. The van der Waals surface area contributed by atoms with Gasteiger partial charge in [0.25, 0.3) is 0 Å². The maximum absolute atomic E-state index is 14.3. The number of methoxy groups -OCH3 is 1. The van der Waals surface area contributed by atoms with E-state index in [9.17, 15) is 9.59 Å². The highest BCUT2D eigenvalue weighted by Gasteiger charge is 2.63. The maximum atomic E-state index is 14.3. The number of amides is 1. The second kappa shape index (κ2) is 10.8. The number of ketones is 1. The summed E-state index contributed by atoms with van der Waals surface area (Å²) in [5.74, 6) is -0.176. The molecule has 6 heteroatoms. The van der Waals surface area contributed by atoms with Gasteiger partial charge >= 0.3 is 6.09 Å². The molecule has 198 valence electrons.